The molecule has 8 heteroatoms. The van der Waals surface area contributed by atoms with Gasteiger partial charge in [-0.2, -0.15) is 0 Å². The molecule has 0 bridgehead atoms. The fourth-order valence-electron chi connectivity index (χ4n) is 1.92. The molecule has 0 aliphatic rings. The lowest BCUT2D eigenvalue weighted by atomic mass is 10.2. The smallest absolute Gasteiger partial charge is 0.344 e. The monoisotopic (exact) mass is 360 g/mol. The summed E-state index contributed by atoms with van der Waals surface area (Å²) in [5.74, 6) is -2.00. The number of amides is 2. The Morgan fingerprint density at radius 1 is 1.08 bits per heavy atom. The van der Waals surface area contributed by atoms with Gasteiger partial charge in [0, 0.05) is 11.3 Å². The summed E-state index contributed by atoms with van der Waals surface area (Å²) in [6, 6.07) is 11.1. The number of hydrogen-bond acceptors (Lipinski definition) is 5. The van der Waals surface area contributed by atoms with Gasteiger partial charge in [0.2, 0.25) is 5.91 Å². The minimum atomic E-state index is -1.06. The molecular weight excluding hydrogens is 343 g/mol. The lowest BCUT2D eigenvalue weighted by Gasteiger charge is -2.14. The van der Waals surface area contributed by atoms with Crippen LogP contribution in [0, 0.1) is 5.82 Å². The molecule has 0 fully saturated rings. The molecule has 1 atom stereocenters. The van der Waals surface area contributed by atoms with Gasteiger partial charge in [0.15, 0.2) is 12.7 Å². The molecule has 0 heterocycles. The van der Waals surface area contributed by atoms with Crippen molar-refractivity contribution in [2.24, 2.45) is 5.73 Å². The number of carbonyl (C=O) groups is 3. The summed E-state index contributed by atoms with van der Waals surface area (Å²) in [5.41, 5.74) is 5.86. The lowest BCUT2D eigenvalue weighted by Crippen LogP contribution is -2.31. The Morgan fingerprint density at radius 2 is 1.69 bits per heavy atom. The molecule has 2 aromatic carbocycles. The van der Waals surface area contributed by atoms with Crippen molar-refractivity contribution in [3.63, 3.8) is 0 Å². The zero-order chi connectivity index (χ0) is 19.1. The molecule has 0 aromatic heterocycles. The van der Waals surface area contributed by atoms with Crippen LogP contribution in [0.4, 0.5) is 10.1 Å². The number of anilines is 1. The Labute approximate surface area is 148 Å². The molecule has 0 saturated heterocycles. The van der Waals surface area contributed by atoms with E-state index >= 15 is 0 Å². The highest BCUT2D eigenvalue weighted by molar-refractivity contribution is 5.96. The van der Waals surface area contributed by atoms with Gasteiger partial charge >= 0.3 is 5.97 Å². The maximum atomic E-state index is 12.8. The third kappa shape index (κ3) is 5.59. The van der Waals surface area contributed by atoms with Crippen molar-refractivity contribution in [3.05, 3.63) is 59.9 Å². The van der Waals surface area contributed by atoms with Crippen LogP contribution in [-0.2, 0) is 14.3 Å². The van der Waals surface area contributed by atoms with Crippen molar-refractivity contribution in [2.45, 2.75) is 13.0 Å². The molecule has 0 saturated carbocycles. The van der Waals surface area contributed by atoms with E-state index < -0.39 is 36.3 Å². The van der Waals surface area contributed by atoms with Gasteiger partial charge in [-0.3, -0.25) is 9.59 Å². The predicted molar refractivity (Wildman–Crippen MR) is 91.0 cm³/mol. The Kier molecular flexibility index (Phi) is 6.26. The van der Waals surface area contributed by atoms with Crippen molar-refractivity contribution < 1.29 is 28.2 Å². The van der Waals surface area contributed by atoms with Crippen LogP contribution in [0.5, 0.6) is 5.75 Å². The van der Waals surface area contributed by atoms with E-state index in [0.29, 0.717) is 17.0 Å². The van der Waals surface area contributed by atoms with Gasteiger partial charge in [-0.1, -0.05) is 0 Å². The second-order valence-electron chi connectivity index (χ2n) is 5.31. The van der Waals surface area contributed by atoms with E-state index in [4.69, 9.17) is 15.2 Å². The van der Waals surface area contributed by atoms with E-state index in [0.717, 1.165) is 0 Å². The first-order valence-corrected chi connectivity index (χ1v) is 7.63. The number of carbonyl (C=O) groups excluding carboxylic acids is 3. The second kappa shape index (κ2) is 8.61. The molecule has 2 rings (SSSR count). The zero-order valence-electron chi connectivity index (χ0n) is 13.9. The molecule has 0 radical (unpaired) electrons. The van der Waals surface area contributed by atoms with E-state index in [-0.39, 0.29) is 0 Å². The number of halogens is 1. The van der Waals surface area contributed by atoms with Crippen LogP contribution >= 0.6 is 0 Å². The first-order chi connectivity index (χ1) is 12.3. The quantitative estimate of drug-likeness (QED) is 0.733. The normalized spacial score (nSPS) is 11.3. The van der Waals surface area contributed by atoms with Gasteiger partial charge in [-0.25, -0.2) is 9.18 Å². The average molecular weight is 360 g/mol. The van der Waals surface area contributed by atoms with Crippen LogP contribution in [0.25, 0.3) is 0 Å². The van der Waals surface area contributed by atoms with Gasteiger partial charge in [0.05, 0.1) is 0 Å². The number of primary amides is 1. The number of hydrogen-bond donors (Lipinski definition) is 2. The fraction of sp³-hybridized carbons (Fsp3) is 0.167. The van der Waals surface area contributed by atoms with Gasteiger partial charge in [-0.15, -0.1) is 0 Å². The summed E-state index contributed by atoms with van der Waals surface area (Å²) in [6.07, 6.45) is -1.06. The maximum Gasteiger partial charge on any atom is 0.344 e. The van der Waals surface area contributed by atoms with Crippen molar-refractivity contribution in [3.8, 4) is 5.75 Å². The van der Waals surface area contributed by atoms with Crippen LogP contribution in [0.2, 0.25) is 0 Å². The number of ether oxygens (including phenoxy) is 2. The largest absolute Gasteiger partial charge is 0.482 e. The molecule has 0 aliphatic carbocycles. The van der Waals surface area contributed by atoms with Gasteiger partial charge < -0.3 is 20.5 Å². The number of rotatable bonds is 7. The lowest BCUT2D eigenvalue weighted by molar-refractivity contribution is -0.155. The van der Waals surface area contributed by atoms with Crippen LogP contribution in [0.3, 0.4) is 0 Å². The van der Waals surface area contributed by atoms with E-state index in [2.05, 4.69) is 5.32 Å². The first-order valence-electron chi connectivity index (χ1n) is 7.63. The zero-order valence-corrected chi connectivity index (χ0v) is 13.9. The molecule has 2 amide bonds. The van der Waals surface area contributed by atoms with E-state index in [1.54, 1.807) is 0 Å². The van der Waals surface area contributed by atoms with Crippen molar-refractivity contribution >= 4 is 23.5 Å². The molecule has 136 valence electrons. The molecule has 7 nitrogen and oxygen atoms in total. The van der Waals surface area contributed by atoms with Crippen LogP contribution in [-0.4, -0.2) is 30.5 Å². The standard InChI is InChI=1S/C18H17FN2O5/c1-11(18(24)21-14-6-2-12(3-7-14)17(20)23)26-16(22)10-25-15-8-4-13(19)5-9-15/h2-9,11H,10H2,1H3,(H2,20,23)(H,21,24)/t11-/m1/s1. The Bertz CT molecular complexity index is 790. The first kappa shape index (κ1) is 18.9. The minimum Gasteiger partial charge on any atom is -0.482 e. The van der Waals surface area contributed by atoms with E-state index in [1.165, 1.54) is 55.5 Å². The molecule has 26 heavy (non-hydrogen) atoms. The maximum absolute atomic E-state index is 12.8. The molecule has 3 N–H and O–H groups in total. The number of benzene rings is 2. The fourth-order valence-corrected chi connectivity index (χ4v) is 1.92. The molecule has 0 unspecified atom stereocenters. The average Bonchev–Trinajstić information content (AvgIpc) is 2.61. The number of esters is 1. The van der Waals surface area contributed by atoms with Crippen LogP contribution in [0.15, 0.2) is 48.5 Å². The summed E-state index contributed by atoms with van der Waals surface area (Å²) < 4.78 is 22.9. The Morgan fingerprint density at radius 3 is 2.27 bits per heavy atom. The van der Waals surface area contributed by atoms with Crippen molar-refractivity contribution in [1.82, 2.24) is 0 Å². The Balaban J connectivity index is 1.80. The molecule has 2 aromatic rings. The summed E-state index contributed by atoms with van der Waals surface area (Å²) in [6.45, 7) is 0.986. The minimum absolute atomic E-state index is 0.301. The highest BCUT2D eigenvalue weighted by atomic mass is 19.1. The number of nitrogens with two attached hydrogens (primary N) is 1. The van der Waals surface area contributed by atoms with E-state index in [9.17, 15) is 18.8 Å². The third-order valence-corrected chi connectivity index (χ3v) is 3.28. The van der Waals surface area contributed by atoms with Crippen LogP contribution < -0.4 is 15.8 Å². The van der Waals surface area contributed by atoms with E-state index in [1.807, 2.05) is 0 Å². The number of nitrogens with one attached hydrogen (secondary N) is 1. The molecule has 0 spiro atoms. The second-order valence-corrected chi connectivity index (χ2v) is 5.31. The van der Waals surface area contributed by atoms with Gasteiger partial charge in [-0.05, 0) is 55.5 Å². The van der Waals surface area contributed by atoms with Gasteiger partial charge in [0.1, 0.15) is 11.6 Å². The highest BCUT2D eigenvalue weighted by Crippen LogP contribution is 2.12. The van der Waals surface area contributed by atoms with Gasteiger partial charge in [0.25, 0.3) is 5.91 Å². The Hall–Kier alpha value is -3.42. The van der Waals surface area contributed by atoms with Crippen molar-refractivity contribution in [1.29, 1.82) is 0 Å². The van der Waals surface area contributed by atoms with Crippen LogP contribution in [0.1, 0.15) is 17.3 Å². The third-order valence-electron chi connectivity index (χ3n) is 3.28. The SMILES string of the molecule is C[C@@H](OC(=O)COc1ccc(F)cc1)C(=O)Nc1ccc(C(N)=O)cc1. The topological polar surface area (TPSA) is 108 Å². The predicted octanol–water partition coefficient (Wildman–Crippen LogP) is 1.87. The highest BCUT2D eigenvalue weighted by Gasteiger charge is 2.18. The summed E-state index contributed by atoms with van der Waals surface area (Å²) >= 11 is 0. The van der Waals surface area contributed by atoms with Crippen molar-refractivity contribution in [2.75, 3.05) is 11.9 Å². The summed E-state index contributed by atoms with van der Waals surface area (Å²) in [5, 5.41) is 2.54. The molecule has 0 aliphatic heterocycles. The molecular formula is C18H17FN2O5. The summed E-state index contributed by atoms with van der Waals surface area (Å²) in [7, 11) is 0. The summed E-state index contributed by atoms with van der Waals surface area (Å²) in [4.78, 5) is 34.7.